The van der Waals surface area contributed by atoms with Crippen LogP contribution in [0.2, 0.25) is 5.02 Å². The van der Waals surface area contributed by atoms with Crippen LogP contribution in [-0.4, -0.2) is 45.4 Å². The standard InChI is InChI=1S/C16H18ClN3O2/c1-19(10-15(21)11-5-6-11)16(22)12-8-18-20(9-12)14-4-2-3-13(17)7-14/h2-4,7-9,11,15,21H,5-6,10H2,1H3. The molecule has 3 rings (SSSR count). The largest absolute Gasteiger partial charge is 0.391 e. The molecule has 1 aromatic heterocycles. The highest BCUT2D eigenvalue weighted by Crippen LogP contribution is 2.32. The first-order valence-electron chi connectivity index (χ1n) is 7.29. The minimum Gasteiger partial charge on any atom is -0.391 e. The van der Waals surface area contributed by atoms with E-state index in [9.17, 15) is 9.90 Å². The molecule has 0 saturated heterocycles. The van der Waals surface area contributed by atoms with Crippen molar-refractivity contribution in [3.8, 4) is 5.69 Å². The number of aromatic nitrogens is 2. The second kappa shape index (κ2) is 6.10. The number of halogens is 1. The Morgan fingerprint density at radius 1 is 1.55 bits per heavy atom. The number of hydrogen-bond acceptors (Lipinski definition) is 3. The molecule has 22 heavy (non-hydrogen) atoms. The Balaban J connectivity index is 1.71. The van der Waals surface area contributed by atoms with E-state index < -0.39 is 6.10 Å². The summed E-state index contributed by atoms with van der Waals surface area (Å²) in [6.45, 7) is 0.353. The number of carbonyl (C=O) groups is 1. The Morgan fingerprint density at radius 3 is 3.00 bits per heavy atom. The molecular weight excluding hydrogens is 302 g/mol. The van der Waals surface area contributed by atoms with Crippen LogP contribution in [0, 0.1) is 5.92 Å². The Bertz CT molecular complexity index is 682. The van der Waals surface area contributed by atoms with Crippen LogP contribution in [0.5, 0.6) is 0 Å². The summed E-state index contributed by atoms with van der Waals surface area (Å²) in [6, 6.07) is 7.27. The number of amides is 1. The first kappa shape index (κ1) is 15.1. The van der Waals surface area contributed by atoms with E-state index in [1.165, 1.54) is 6.20 Å². The Labute approximate surface area is 134 Å². The minimum atomic E-state index is -0.433. The lowest BCUT2D eigenvalue weighted by molar-refractivity contribution is 0.0645. The van der Waals surface area contributed by atoms with E-state index in [-0.39, 0.29) is 5.91 Å². The Kier molecular flexibility index (Phi) is 4.18. The molecule has 0 spiro atoms. The molecule has 1 unspecified atom stereocenters. The smallest absolute Gasteiger partial charge is 0.256 e. The maximum atomic E-state index is 12.4. The highest BCUT2D eigenvalue weighted by molar-refractivity contribution is 6.30. The number of aliphatic hydroxyl groups excluding tert-OH is 1. The normalized spacial score (nSPS) is 15.6. The maximum absolute atomic E-state index is 12.4. The molecule has 1 N–H and O–H groups in total. The van der Waals surface area contributed by atoms with Gasteiger partial charge in [-0.05, 0) is 37.0 Å². The number of aliphatic hydroxyl groups is 1. The summed E-state index contributed by atoms with van der Waals surface area (Å²) in [4.78, 5) is 13.9. The molecule has 1 aliphatic rings. The van der Waals surface area contributed by atoms with Gasteiger partial charge in [0.2, 0.25) is 0 Å². The van der Waals surface area contributed by atoms with E-state index >= 15 is 0 Å². The van der Waals surface area contributed by atoms with Gasteiger partial charge in [-0.2, -0.15) is 5.10 Å². The summed E-state index contributed by atoms with van der Waals surface area (Å²) in [6.07, 6.45) is 4.88. The summed E-state index contributed by atoms with van der Waals surface area (Å²) >= 11 is 5.96. The first-order valence-corrected chi connectivity index (χ1v) is 7.66. The highest BCUT2D eigenvalue weighted by atomic mass is 35.5. The molecule has 0 radical (unpaired) electrons. The summed E-state index contributed by atoms with van der Waals surface area (Å²) in [7, 11) is 1.70. The molecule has 1 atom stereocenters. The molecule has 1 heterocycles. The third-order valence-electron chi connectivity index (χ3n) is 3.88. The zero-order chi connectivity index (χ0) is 15.7. The van der Waals surface area contributed by atoms with Crippen molar-refractivity contribution in [2.24, 2.45) is 5.92 Å². The van der Waals surface area contributed by atoms with Crippen molar-refractivity contribution < 1.29 is 9.90 Å². The average Bonchev–Trinajstić information content (AvgIpc) is 3.24. The third-order valence-corrected chi connectivity index (χ3v) is 4.11. The van der Waals surface area contributed by atoms with Crippen LogP contribution >= 0.6 is 11.6 Å². The van der Waals surface area contributed by atoms with Crippen LogP contribution < -0.4 is 0 Å². The maximum Gasteiger partial charge on any atom is 0.256 e. The van der Waals surface area contributed by atoms with E-state index in [1.807, 2.05) is 12.1 Å². The molecule has 1 aromatic carbocycles. The molecule has 1 amide bonds. The molecule has 1 fully saturated rings. The Hall–Kier alpha value is -1.85. The lowest BCUT2D eigenvalue weighted by Gasteiger charge is -2.19. The second-order valence-electron chi connectivity index (χ2n) is 5.74. The first-order chi connectivity index (χ1) is 10.5. The van der Waals surface area contributed by atoms with Crippen molar-refractivity contribution in [2.75, 3.05) is 13.6 Å². The number of likely N-dealkylation sites (N-methyl/N-ethyl adjacent to an activating group) is 1. The van der Waals surface area contributed by atoms with Gasteiger partial charge in [-0.15, -0.1) is 0 Å². The number of hydrogen-bond donors (Lipinski definition) is 1. The molecule has 1 aliphatic carbocycles. The van der Waals surface area contributed by atoms with Crippen molar-refractivity contribution >= 4 is 17.5 Å². The third kappa shape index (κ3) is 3.31. The minimum absolute atomic E-state index is 0.145. The zero-order valence-electron chi connectivity index (χ0n) is 12.3. The van der Waals surface area contributed by atoms with E-state index in [0.717, 1.165) is 18.5 Å². The van der Waals surface area contributed by atoms with Gasteiger partial charge < -0.3 is 10.0 Å². The number of rotatable bonds is 5. The van der Waals surface area contributed by atoms with Crippen molar-refractivity contribution in [2.45, 2.75) is 18.9 Å². The van der Waals surface area contributed by atoms with Gasteiger partial charge in [0.25, 0.3) is 5.91 Å². The summed E-state index contributed by atoms with van der Waals surface area (Å²) in [5.41, 5.74) is 1.29. The number of carbonyl (C=O) groups excluding carboxylic acids is 1. The highest BCUT2D eigenvalue weighted by Gasteiger charge is 2.31. The van der Waals surface area contributed by atoms with E-state index in [4.69, 9.17) is 11.6 Å². The average molecular weight is 320 g/mol. The van der Waals surface area contributed by atoms with Crippen molar-refractivity contribution in [3.63, 3.8) is 0 Å². The van der Waals surface area contributed by atoms with Crippen molar-refractivity contribution in [3.05, 3.63) is 47.2 Å². The van der Waals surface area contributed by atoms with Gasteiger partial charge in [-0.25, -0.2) is 4.68 Å². The fourth-order valence-electron chi connectivity index (χ4n) is 2.41. The molecule has 6 heteroatoms. The second-order valence-corrected chi connectivity index (χ2v) is 6.18. The van der Waals surface area contributed by atoms with E-state index in [0.29, 0.717) is 23.0 Å². The van der Waals surface area contributed by atoms with Crippen LogP contribution in [-0.2, 0) is 0 Å². The predicted octanol–water partition coefficient (Wildman–Crippen LogP) is 2.37. The van der Waals surface area contributed by atoms with Crippen molar-refractivity contribution in [1.82, 2.24) is 14.7 Å². The summed E-state index contributed by atoms with van der Waals surface area (Å²) in [5.74, 6) is 0.206. The van der Waals surface area contributed by atoms with Crippen molar-refractivity contribution in [1.29, 1.82) is 0 Å². The van der Waals surface area contributed by atoms with Gasteiger partial charge >= 0.3 is 0 Å². The number of nitrogens with zero attached hydrogens (tertiary/aromatic N) is 3. The van der Waals surface area contributed by atoms with Gasteiger partial charge in [0.1, 0.15) is 0 Å². The Morgan fingerprint density at radius 2 is 2.32 bits per heavy atom. The van der Waals surface area contributed by atoms with E-state index in [2.05, 4.69) is 5.10 Å². The van der Waals surface area contributed by atoms with Crippen LogP contribution in [0.4, 0.5) is 0 Å². The fourth-order valence-corrected chi connectivity index (χ4v) is 2.59. The summed E-state index contributed by atoms with van der Waals surface area (Å²) in [5, 5.41) is 14.8. The lowest BCUT2D eigenvalue weighted by atomic mass is 10.2. The van der Waals surface area contributed by atoms with E-state index in [1.54, 1.807) is 35.0 Å². The molecule has 2 aromatic rings. The van der Waals surface area contributed by atoms with Crippen LogP contribution in [0.15, 0.2) is 36.7 Å². The molecular formula is C16H18ClN3O2. The topological polar surface area (TPSA) is 58.4 Å². The van der Waals surface area contributed by atoms with Gasteiger partial charge in [0, 0.05) is 24.8 Å². The number of benzene rings is 1. The quantitative estimate of drug-likeness (QED) is 0.920. The molecule has 1 saturated carbocycles. The van der Waals surface area contributed by atoms with Crippen LogP contribution in [0.3, 0.4) is 0 Å². The van der Waals surface area contributed by atoms with Crippen LogP contribution in [0.25, 0.3) is 5.69 Å². The molecule has 5 nitrogen and oxygen atoms in total. The van der Waals surface area contributed by atoms with Crippen LogP contribution in [0.1, 0.15) is 23.2 Å². The molecule has 0 aliphatic heterocycles. The zero-order valence-corrected chi connectivity index (χ0v) is 13.1. The van der Waals surface area contributed by atoms with Gasteiger partial charge in [-0.1, -0.05) is 17.7 Å². The molecule has 116 valence electrons. The summed E-state index contributed by atoms with van der Waals surface area (Å²) < 4.78 is 1.62. The monoisotopic (exact) mass is 319 g/mol. The van der Waals surface area contributed by atoms with Gasteiger partial charge in [-0.3, -0.25) is 4.79 Å². The predicted molar refractivity (Wildman–Crippen MR) is 84.3 cm³/mol. The SMILES string of the molecule is CN(CC(O)C1CC1)C(=O)c1cnn(-c2cccc(Cl)c2)c1. The lowest BCUT2D eigenvalue weighted by Crippen LogP contribution is -2.35. The fraction of sp³-hybridized carbons (Fsp3) is 0.375. The van der Waals surface area contributed by atoms with Gasteiger partial charge in [0.05, 0.1) is 23.6 Å². The van der Waals surface area contributed by atoms with Gasteiger partial charge in [0.15, 0.2) is 0 Å². The molecule has 0 bridgehead atoms.